The minimum Gasteiger partial charge on any atom is -0.504 e. The highest BCUT2D eigenvalue weighted by molar-refractivity contribution is 5.96. The molecule has 0 fully saturated rings. The molecule has 2 aromatic rings. The van der Waals surface area contributed by atoms with Gasteiger partial charge in [-0.2, -0.15) is 5.10 Å². The number of hydrogen-bond acceptors (Lipinski definition) is 7. The van der Waals surface area contributed by atoms with Crippen LogP contribution in [0.2, 0.25) is 0 Å². The number of ether oxygens (including phenoxy) is 3. The van der Waals surface area contributed by atoms with Crippen molar-refractivity contribution in [3.05, 3.63) is 41.5 Å². The molecule has 0 aromatic heterocycles. The van der Waals surface area contributed by atoms with Crippen molar-refractivity contribution in [2.75, 3.05) is 19.8 Å². The van der Waals surface area contributed by atoms with E-state index in [0.29, 0.717) is 48.2 Å². The lowest BCUT2D eigenvalue weighted by Gasteiger charge is -2.16. The summed E-state index contributed by atoms with van der Waals surface area (Å²) in [6, 6.07) is 7.32. The summed E-state index contributed by atoms with van der Waals surface area (Å²) in [6.07, 6.45) is 1.35. The van der Waals surface area contributed by atoms with Gasteiger partial charge in [0.25, 0.3) is 5.91 Å². The molecule has 0 aliphatic heterocycles. The largest absolute Gasteiger partial charge is 0.504 e. The number of rotatable bonds is 9. The maximum Gasteiger partial charge on any atom is 0.271 e. The fourth-order valence-corrected chi connectivity index (χ4v) is 2.37. The lowest BCUT2D eigenvalue weighted by molar-refractivity contribution is 0.0954. The third-order valence-electron chi connectivity index (χ3n) is 3.55. The van der Waals surface area contributed by atoms with Crippen molar-refractivity contribution in [2.24, 2.45) is 5.10 Å². The first-order valence-corrected chi connectivity index (χ1v) is 8.91. The number of phenols is 2. The second-order valence-electron chi connectivity index (χ2n) is 5.55. The topological polar surface area (TPSA) is 110 Å². The molecular weight excluding hydrogens is 364 g/mol. The van der Waals surface area contributed by atoms with Crippen LogP contribution in [0.25, 0.3) is 0 Å². The SMILES string of the molecule is CCOc1cc(C(=O)NN=Cc2ccc(O)c(O)c2)cc(OCC)c1OCC. The number of aromatic hydroxyl groups is 2. The molecule has 0 aliphatic rings. The minimum absolute atomic E-state index is 0.234. The van der Waals surface area contributed by atoms with Gasteiger partial charge in [0.2, 0.25) is 5.75 Å². The van der Waals surface area contributed by atoms with Crippen LogP contribution in [-0.4, -0.2) is 42.2 Å². The molecule has 0 heterocycles. The van der Waals surface area contributed by atoms with Crippen LogP contribution in [0.4, 0.5) is 0 Å². The van der Waals surface area contributed by atoms with Crippen molar-refractivity contribution in [3.8, 4) is 28.7 Å². The second kappa shape index (κ2) is 10.1. The summed E-state index contributed by atoms with van der Waals surface area (Å²) < 4.78 is 16.8. The third-order valence-corrected chi connectivity index (χ3v) is 3.55. The van der Waals surface area contributed by atoms with E-state index in [0.717, 1.165) is 0 Å². The third kappa shape index (κ3) is 5.29. The minimum atomic E-state index is -0.468. The summed E-state index contributed by atoms with van der Waals surface area (Å²) in [4.78, 5) is 12.5. The van der Waals surface area contributed by atoms with Gasteiger partial charge in [-0.15, -0.1) is 0 Å². The summed E-state index contributed by atoms with van der Waals surface area (Å²) in [6.45, 7) is 6.75. The zero-order chi connectivity index (χ0) is 20.5. The predicted molar refractivity (Wildman–Crippen MR) is 105 cm³/mol. The zero-order valence-corrected chi connectivity index (χ0v) is 16.1. The number of carbonyl (C=O) groups excluding carboxylic acids is 1. The molecule has 3 N–H and O–H groups in total. The zero-order valence-electron chi connectivity index (χ0n) is 16.1. The highest BCUT2D eigenvalue weighted by Crippen LogP contribution is 2.39. The van der Waals surface area contributed by atoms with E-state index in [2.05, 4.69) is 10.5 Å². The summed E-state index contributed by atoms with van der Waals surface area (Å²) >= 11 is 0. The molecule has 0 saturated carbocycles. The van der Waals surface area contributed by atoms with Crippen LogP contribution >= 0.6 is 0 Å². The van der Waals surface area contributed by atoms with Gasteiger partial charge in [-0.25, -0.2) is 5.43 Å². The van der Waals surface area contributed by atoms with Crippen molar-refractivity contribution < 1.29 is 29.2 Å². The first-order valence-electron chi connectivity index (χ1n) is 8.91. The molecule has 0 aliphatic carbocycles. The normalized spacial score (nSPS) is 10.7. The molecule has 2 rings (SSSR count). The van der Waals surface area contributed by atoms with Gasteiger partial charge in [0.1, 0.15) is 0 Å². The fraction of sp³-hybridized carbons (Fsp3) is 0.300. The van der Waals surface area contributed by atoms with Crippen LogP contribution in [0.5, 0.6) is 28.7 Å². The second-order valence-corrected chi connectivity index (χ2v) is 5.55. The Hall–Kier alpha value is -3.42. The van der Waals surface area contributed by atoms with E-state index in [1.54, 1.807) is 18.2 Å². The summed E-state index contributed by atoms with van der Waals surface area (Å²) in [5.74, 6) is 0.294. The van der Waals surface area contributed by atoms with Crippen molar-refractivity contribution in [3.63, 3.8) is 0 Å². The van der Waals surface area contributed by atoms with E-state index in [1.807, 2.05) is 20.8 Å². The van der Waals surface area contributed by atoms with Crippen molar-refractivity contribution >= 4 is 12.1 Å². The van der Waals surface area contributed by atoms with E-state index >= 15 is 0 Å². The number of carbonyl (C=O) groups is 1. The maximum atomic E-state index is 12.5. The monoisotopic (exact) mass is 388 g/mol. The fourth-order valence-electron chi connectivity index (χ4n) is 2.37. The first-order chi connectivity index (χ1) is 13.5. The quantitative estimate of drug-likeness (QED) is 0.346. The molecule has 1 amide bonds. The van der Waals surface area contributed by atoms with Gasteiger partial charge in [0, 0.05) is 5.56 Å². The summed E-state index contributed by atoms with van der Waals surface area (Å²) in [5.41, 5.74) is 3.21. The molecule has 0 spiro atoms. The van der Waals surface area contributed by atoms with Gasteiger partial charge < -0.3 is 24.4 Å². The first kappa shape index (κ1) is 20.9. The van der Waals surface area contributed by atoms with Crippen LogP contribution in [0, 0.1) is 0 Å². The standard InChI is InChI=1S/C20H24N2O6/c1-4-26-17-10-14(11-18(27-5-2)19(17)28-6-3)20(25)22-21-12-13-7-8-15(23)16(24)9-13/h7-12,23-24H,4-6H2,1-3H3,(H,22,25). The highest BCUT2D eigenvalue weighted by atomic mass is 16.5. The Morgan fingerprint density at radius 2 is 1.57 bits per heavy atom. The van der Waals surface area contributed by atoms with Crippen LogP contribution in [0.15, 0.2) is 35.4 Å². The molecule has 0 saturated heterocycles. The number of benzene rings is 2. The number of hydrogen-bond donors (Lipinski definition) is 3. The van der Waals surface area contributed by atoms with Crippen molar-refractivity contribution in [2.45, 2.75) is 20.8 Å². The van der Waals surface area contributed by atoms with Crippen LogP contribution in [0.1, 0.15) is 36.7 Å². The number of nitrogens with zero attached hydrogens (tertiary/aromatic N) is 1. The van der Waals surface area contributed by atoms with E-state index in [-0.39, 0.29) is 11.5 Å². The summed E-state index contributed by atoms with van der Waals surface area (Å²) in [5, 5.41) is 22.7. The molecule has 0 unspecified atom stereocenters. The van der Waals surface area contributed by atoms with Crippen molar-refractivity contribution in [1.29, 1.82) is 0 Å². The van der Waals surface area contributed by atoms with Crippen LogP contribution in [-0.2, 0) is 0 Å². The molecule has 8 nitrogen and oxygen atoms in total. The van der Waals surface area contributed by atoms with Gasteiger partial charge in [-0.1, -0.05) is 0 Å². The van der Waals surface area contributed by atoms with Crippen LogP contribution < -0.4 is 19.6 Å². The van der Waals surface area contributed by atoms with E-state index in [4.69, 9.17) is 14.2 Å². The Balaban J connectivity index is 2.23. The Labute approximate surface area is 163 Å². The number of phenolic OH excluding ortho intramolecular Hbond substituents is 2. The highest BCUT2D eigenvalue weighted by Gasteiger charge is 2.18. The molecular formula is C20H24N2O6. The molecule has 150 valence electrons. The molecule has 8 heteroatoms. The lowest BCUT2D eigenvalue weighted by atomic mass is 10.1. The average Bonchev–Trinajstić information content (AvgIpc) is 2.67. The van der Waals surface area contributed by atoms with Gasteiger partial charge >= 0.3 is 0 Å². The molecule has 0 radical (unpaired) electrons. The maximum absolute atomic E-state index is 12.5. The Kier molecular flexibility index (Phi) is 7.50. The Morgan fingerprint density at radius 1 is 0.964 bits per heavy atom. The van der Waals surface area contributed by atoms with Gasteiger partial charge in [0.15, 0.2) is 23.0 Å². The Bertz CT molecular complexity index is 824. The van der Waals surface area contributed by atoms with Gasteiger partial charge in [-0.05, 0) is 56.7 Å². The van der Waals surface area contributed by atoms with E-state index in [9.17, 15) is 15.0 Å². The van der Waals surface area contributed by atoms with E-state index < -0.39 is 5.91 Å². The van der Waals surface area contributed by atoms with Gasteiger partial charge in [0.05, 0.1) is 26.0 Å². The average molecular weight is 388 g/mol. The predicted octanol–water partition coefficient (Wildman–Crippen LogP) is 3.06. The van der Waals surface area contributed by atoms with Gasteiger partial charge in [-0.3, -0.25) is 4.79 Å². The summed E-state index contributed by atoms with van der Waals surface area (Å²) in [7, 11) is 0. The molecule has 2 aromatic carbocycles. The van der Waals surface area contributed by atoms with E-state index in [1.165, 1.54) is 18.3 Å². The lowest BCUT2D eigenvalue weighted by Crippen LogP contribution is -2.18. The van der Waals surface area contributed by atoms with Crippen molar-refractivity contribution in [1.82, 2.24) is 5.43 Å². The number of hydrazone groups is 1. The number of amides is 1. The van der Waals surface area contributed by atoms with Crippen LogP contribution in [0.3, 0.4) is 0 Å². The smallest absolute Gasteiger partial charge is 0.271 e. The molecule has 28 heavy (non-hydrogen) atoms. The number of nitrogens with one attached hydrogen (secondary N) is 1. The molecule has 0 atom stereocenters. The molecule has 0 bridgehead atoms. The Morgan fingerprint density at radius 3 is 2.11 bits per heavy atom.